The summed E-state index contributed by atoms with van der Waals surface area (Å²) in [6.07, 6.45) is 0.232. The van der Waals surface area contributed by atoms with E-state index >= 15 is 0 Å². The number of rotatable bonds is 6. The van der Waals surface area contributed by atoms with Gasteiger partial charge in [0.25, 0.3) is 0 Å². The van der Waals surface area contributed by atoms with E-state index in [1.54, 1.807) is 13.8 Å². The highest BCUT2D eigenvalue weighted by Gasteiger charge is 2.17. The van der Waals surface area contributed by atoms with Crippen LogP contribution in [-0.2, 0) is 9.53 Å². The summed E-state index contributed by atoms with van der Waals surface area (Å²) >= 11 is 0. The Morgan fingerprint density at radius 2 is 2.16 bits per heavy atom. The van der Waals surface area contributed by atoms with Crippen LogP contribution in [0.1, 0.15) is 24.2 Å². The Morgan fingerprint density at radius 1 is 1.47 bits per heavy atom. The van der Waals surface area contributed by atoms with Gasteiger partial charge in [0.1, 0.15) is 6.29 Å². The summed E-state index contributed by atoms with van der Waals surface area (Å²) in [5.41, 5.74) is -0.0965. The van der Waals surface area contributed by atoms with Gasteiger partial charge in [-0.1, -0.05) is 0 Å². The minimum Gasteiger partial charge on any atom is -0.475 e. The third-order valence-electron chi connectivity index (χ3n) is 2.03. The van der Waals surface area contributed by atoms with Gasteiger partial charge in [0.05, 0.1) is 11.0 Å². The van der Waals surface area contributed by atoms with Gasteiger partial charge in [-0.15, -0.1) is 0 Å². The van der Waals surface area contributed by atoms with E-state index in [2.05, 4.69) is 0 Å². The molecule has 0 amide bonds. The molecule has 0 saturated carbocycles. The van der Waals surface area contributed by atoms with E-state index in [0.29, 0.717) is 6.29 Å². The zero-order chi connectivity index (χ0) is 14.4. The number of esters is 1. The van der Waals surface area contributed by atoms with Crippen LogP contribution in [-0.4, -0.2) is 29.9 Å². The van der Waals surface area contributed by atoms with E-state index < -0.39 is 17.5 Å². The van der Waals surface area contributed by atoms with Gasteiger partial charge in [-0.2, -0.15) is 0 Å². The molecule has 7 nitrogen and oxygen atoms in total. The molecule has 0 fully saturated rings. The van der Waals surface area contributed by atoms with Gasteiger partial charge in [-0.3, -0.25) is 14.9 Å². The Morgan fingerprint density at radius 3 is 2.68 bits per heavy atom. The van der Waals surface area contributed by atoms with Crippen molar-refractivity contribution in [2.75, 3.05) is 6.61 Å². The van der Waals surface area contributed by atoms with E-state index in [9.17, 15) is 19.7 Å². The fraction of sp³-hybridized carbons (Fsp3) is 0.333. The van der Waals surface area contributed by atoms with Crippen molar-refractivity contribution < 1.29 is 24.0 Å². The highest BCUT2D eigenvalue weighted by atomic mass is 16.6. The second-order valence-electron chi connectivity index (χ2n) is 3.93. The van der Waals surface area contributed by atoms with Gasteiger partial charge in [0.15, 0.2) is 12.4 Å². The summed E-state index contributed by atoms with van der Waals surface area (Å²) in [4.78, 5) is 32.0. The van der Waals surface area contributed by atoms with Gasteiger partial charge in [0, 0.05) is 11.6 Å². The zero-order valence-electron chi connectivity index (χ0n) is 10.5. The molecule has 0 aliphatic heterocycles. The SMILES string of the molecule is CC(C)OC(=O)COc1cc(C=O)ccc1[N+](=O)[O-]. The quantitative estimate of drug-likeness (QED) is 0.337. The maximum atomic E-state index is 11.3. The fourth-order valence-electron chi connectivity index (χ4n) is 1.30. The highest BCUT2D eigenvalue weighted by molar-refractivity contribution is 5.77. The fourth-order valence-corrected chi connectivity index (χ4v) is 1.30. The summed E-state index contributed by atoms with van der Waals surface area (Å²) in [6.45, 7) is 2.89. The second-order valence-corrected chi connectivity index (χ2v) is 3.93. The first-order chi connectivity index (χ1) is 8.93. The van der Waals surface area contributed by atoms with E-state index in [4.69, 9.17) is 9.47 Å². The molecule has 0 aromatic heterocycles. The molecule has 7 heteroatoms. The summed E-state index contributed by atoms with van der Waals surface area (Å²) in [5.74, 6) is -0.781. The van der Waals surface area contributed by atoms with E-state index in [1.807, 2.05) is 0 Å². The van der Waals surface area contributed by atoms with Crippen molar-refractivity contribution in [1.29, 1.82) is 0 Å². The monoisotopic (exact) mass is 267 g/mol. The molecule has 1 aromatic rings. The molecular formula is C12H13NO6. The molecule has 0 atom stereocenters. The molecular weight excluding hydrogens is 254 g/mol. The average molecular weight is 267 g/mol. The third kappa shape index (κ3) is 4.38. The molecule has 19 heavy (non-hydrogen) atoms. The standard InChI is InChI=1S/C12H13NO6/c1-8(2)19-12(15)7-18-11-5-9(6-14)3-4-10(11)13(16)17/h3-6,8H,7H2,1-2H3. The van der Waals surface area contributed by atoms with Crippen LogP contribution in [0, 0.1) is 10.1 Å². The third-order valence-corrected chi connectivity index (χ3v) is 2.03. The maximum Gasteiger partial charge on any atom is 0.344 e. The van der Waals surface area contributed by atoms with Crippen molar-refractivity contribution in [3.05, 3.63) is 33.9 Å². The lowest BCUT2D eigenvalue weighted by Crippen LogP contribution is -2.19. The van der Waals surface area contributed by atoms with Crippen LogP contribution < -0.4 is 4.74 Å². The van der Waals surface area contributed by atoms with E-state index in [0.717, 1.165) is 6.07 Å². The largest absolute Gasteiger partial charge is 0.475 e. The van der Waals surface area contributed by atoms with Crippen molar-refractivity contribution in [3.63, 3.8) is 0 Å². The smallest absolute Gasteiger partial charge is 0.344 e. The zero-order valence-corrected chi connectivity index (χ0v) is 10.5. The number of aldehydes is 1. The summed E-state index contributed by atoms with van der Waals surface area (Å²) in [7, 11) is 0. The Bertz CT molecular complexity index is 497. The van der Waals surface area contributed by atoms with E-state index in [1.165, 1.54) is 12.1 Å². The van der Waals surface area contributed by atoms with E-state index in [-0.39, 0.29) is 23.1 Å². The van der Waals surface area contributed by atoms with Crippen LogP contribution in [0.15, 0.2) is 18.2 Å². The number of nitro groups is 1. The minimum absolute atomic E-state index is 0.143. The highest BCUT2D eigenvalue weighted by Crippen LogP contribution is 2.27. The van der Waals surface area contributed by atoms with Crippen molar-refractivity contribution in [3.8, 4) is 5.75 Å². The number of carbonyl (C=O) groups excluding carboxylic acids is 2. The Kier molecular flexibility index (Phi) is 4.99. The lowest BCUT2D eigenvalue weighted by molar-refractivity contribution is -0.385. The number of benzene rings is 1. The van der Waals surface area contributed by atoms with Gasteiger partial charge < -0.3 is 9.47 Å². The molecule has 0 radical (unpaired) electrons. The minimum atomic E-state index is -0.655. The molecule has 0 aliphatic carbocycles. The van der Waals surface area contributed by atoms with Crippen LogP contribution in [0.3, 0.4) is 0 Å². The Balaban J connectivity index is 2.83. The summed E-state index contributed by atoms with van der Waals surface area (Å²) in [6, 6.07) is 3.64. The molecule has 1 aromatic carbocycles. The number of nitrogens with zero attached hydrogens (tertiary/aromatic N) is 1. The topological polar surface area (TPSA) is 95.7 Å². The van der Waals surface area contributed by atoms with Gasteiger partial charge in [0.2, 0.25) is 0 Å². The predicted octanol–water partition coefficient (Wildman–Crippen LogP) is 1.74. The first kappa shape index (κ1) is 14.6. The van der Waals surface area contributed by atoms with Crippen LogP contribution >= 0.6 is 0 Å². The molecule has 0 bridgehead atoms. The van der Waals surface area contributed by atoms with Crippen molar-refractivity contribution >= 4 is 17.9 Å². The van der Waals surface area contributed by atoms with Crippen LogP contribution in [0.5, 0.6) is 5.75 Å². The lowest BCUT2D eigenvalue weighted by Gasteiger charge is -2.09. The summed E-state index contributed by atoms with van der Waals surface area (Å²) < 4.78 is 9.85. The first-order valence-corrected chi connectivity index (χ1v) is 5.50. The molecule has 0 saturated heterocycles. The van der Waals surface area contributed by atoms with Crippen LogP contribution in [0.2, 0.25) is 0 Å². The number of ether oxygens (including phenoxy) is 2. The molecule has 102 valence electrons. The van der Waals surface area contributed by atoms with Gasteiger partial charge in [-0.25, -0.2) is 4.79 Å². The maximum absolute atomic E-state index is 11.3. The average Bonchev–Trinajstić information content (AvgIpc) is 2.34. The van der Waals surface area contributed by atoms with Gasteiger partial charge in [-0.05, 0) is 26.0 Å². The Labute approximate surface area is 109 Å². The van der Waals surface area contributed by atoms with Crippen LogP contribution in [0.4, 0.5) is 5.69 Å². The second kappa shape index (κ2) is 6.48. The Hall–Kier alpha value is -2.44. The number of nitro benzene ring substituents is 1. The molecule has 0 spiro atoms. The normalized spacial score (nSPS) is 10.1. The number of hydrogen-bond acceptors (Lipinski definition) is 6. The molecule has 1 rings (SSSR count). The van der Waals surface area contributed by atoms with Crippen LogP contribution in [0.25, 0.3) is 0 Å². The number of carbonyl (C=O) groups is 2. The van der Waals surface area contributed by atoms with Crippen molar-refractivity contribution in [1.82, 2.24) is 0 Å². The first-order valence-electron chi connectivity index (χ1n) is 5.50. The van der Waals surface area contributed by atoms with Crippen molar-refractivity contribution in [2.24, 2.45) is 0 Å². The molecule has 0 N–H and O–H groups in total. The summed E-state index contributed by atoms with van der Waals surface area (Å²) in [5, 5.41) is 10.8. The number of hydrogen-bond donors (Lipinski definition) is 0. The van der Waals surface area contributed by atoms with Gasteiger partial charge >= 0.3 is 11.7 Å². The molecule has 0 aliphatic rings. The lowest BCUT2D eigenvalue weighted by atomic mass is 10.2. The molecule has 0 unspecified atom stereocenters. The van der Waals surface area contributed by atoms with Crippen molar-refractivity contribution in [2.45, 2.75) is 20.0 Å². The molecule has 0 heterocycles. The predicted molar refractivity (Wildman–Crippen MR) is 65.2 cm³/mol.